The van der Waals surface area contributed by atoms with E-state index >= 15 is 0 Å². The van der Waals surface area contributed by atoms with E-state index in [1.54, 1.807) is 12.3 Å². The highest BCUT2D eigenvalue weighted by Crippen LogP contribution is 2.32. The fraction of sp³-hybridized carbons (Fsp3) is 0.190. The summed E-state index contributed by atoms with van der Waals surface area (Å²) in [6.07, 6.45) is 1.57. The Kier molecular flexibility index (Phi) is 5.05. The van der Waals surface area contributed by atoms with E-state index in [4.69, 9.17) is 9.47 Å². The first kappa shape index (κ1) is 17.8. The molecule has 0 atom stereocenters. The molecule has 2 N–H and O–H groups in total. The van der Waals surface area contributed by atoms with Crippen LogP contribution in [0.2, 0.25) is 0 Å². The summed E-state index contributed by atoms with van der Waals surface area (Å²) in [7, 11) is 0. The maximum atomic E-state index is 12.4. The topological polar surface area (TPSA) is 85.4 Å². The van der Waals surface area contributed by atoms with E-state index in [9.17, 15) is 4.79 Å². The fourth-order valence-electron chi connectivity index (χ4n) is 2.88. The maximum Gasteiger partial charge on any atom is 0.270 e. The zero-order valence-corrected chi connectivity index (χ0v) is 15.4. The summed E-state index contributed by atoms with van der Waals surface area (Å²) >= 11 is 0. The van der Waals surface area contributed by atoms with Gasteiger partial charge in [0.25, 0.3) is 5.91 Å². The molecule has 0 aliphatic carbocycles. The average molecular weight is 376 g/mol. The summed E-state index contributed by atoms with van der Waals surface area (Å²) in [6, 6.07) is 15.3. The molecule has 0 saturated heterocycles. The lowest BCUT2D eigenvalue weighted by Gasteiger charge is -2.09. The largest absolute Gasteiger partial charge is 0.454 e. The lowest BCUT2D eigenvalue weighted by molar-refractivity contribution is 0.0946. The molecule has 0 bridgehead atoms. The van der Waals surface area contributed by atoms with Gasteiger partial charge in [0.05, 0.1) is 0 Å². The number of anilines is 1. The van der Waals surface area contributed by atoms with E-state index < -0.39 is 0 Å². The molecule has 7 nitrogen and oxygen atoms in total. The Morgan fingerprint density at radius 1 is 1.07 bits per heavy atom. The van der Waals surface area contributed by atoms with E-state index in [1.807, 2.05) is 49.4 Å². The fourth-order valence-corrected chi connectivity index (χ4v) is 2.88. The molecule has 4 rings (SSSR count). The quantitative estimate of drug-likeness (QED) is 0.688. The van der Waals surface area contributed by atoms with Gasteiger partial charge in [0, 0.05) is 19.3 Å². The van der Waals surface area contributed by atoms with Crippen molar-refractivity contribution in [2.24, 2.45) is 0 Å². The van der Waals surface area contributed by atoms with Gasteiger partial charge in [-0.3, -0.25) is 4.79 Å². The molecule has 0 saturated carbocycles. The van der Waals surface area contributed by atoms with Crippen LogP contribution in [-0.4, -0.2) is 22.7 Å². The Bertz CT molecular complexity index is 1010. The second-order valence-corrected chi connectivity index (χ2v) is 6.42. The summed E-state index contributed by atoms with van der Waals surface area (Å²) < 4.78 is 10.7. The SMILES string of the molecule is Cc1ccccc1CNC(=O)c1ccnc(NCc2ccc3c(c2)OCO3)n1. The third-order valence-corrected chi connectivity index (χ3v) is 4.48. The van der Waals surface area contributed by atoms with Crippen LogP contribution in [0, 0.1) is 6.92 Å². The lowest BCUT2D eigenvalue weighted by Crippen LogP contribution is -2.24. The van der Waals surface area contributed by atoms with Crippen LogP contribution in [0.3, 0.4) is 0 Å². The number of ether oxygens (including phenoxy) is 2. The van der Waals surface area contributed by atoms with Gasteiger partial charge in [0.1, 0.15) is 5.69 Å². The smallest absolute Gasteiger partial charge is 0.270 e. The van der Waals surface area contributed by atoms with Crippen molar-refractivity contribution >= 4 is 11.9 Å². The third kappa shape index (κ3) is 4.03. The monoisotopic (exact) mass is 376 g/mol. The Hall–Kier alpha value is -3.61. The number of amides is 1. The molecule has 28 heavy (non-hydrogen) atoms. The van der Waals surface area contributed by atoms with Crippen molar-refractivity contribution in [2.45, 2.75) is 20.0 Å². The molecule has 1 amide bonds. The van der Waals surface area contributed by atoms with E-state index in [1.165, 1.54) is 0 Å². The minimum atomic E-state index is -0.239. The molecule has 1 aliphatic heterocycles. The molecule has 2 aromatic carbocycles. The van der Waals surface area contributed by atoms with E-state index in [-0.39, 0.29) is 12.7 Å². The molecule has 3 aromatic rings. The molecular formula is C21H20N4O3. The predicted molar refractivity (Wildman–Crippen MR) is 104 cm³/mol. The number of nitrogens with zero attached hydrogens (tertiary/aromatic N) is 2. The summed E-state index contributed by atoms with van der Waals surface area (Å²) in [4.78, 5) is 20.9. The molecular weight excluding hydrogens is 356 g/mol. The minimum absolute atomic E-state index is 0.239. The van der Waals surface area contributed by atoms with Gasteiger partial charge in [-0.15, -0.1) is 0 Å². The second kappa shape index (κ2) is 7.96. The van der Waals surface area contributed by atoms with Crippen molar-refractivity contribution in [3.8, 4) is 11.5 Å². The third-order valence-electron chi connectivity index (χ3n) is 4.48. The molecule has 0 unspecified atom stereocenters. The lowest BCUT2D eigenvalue weighted by atomic mass is 10.1. The van der Waals surface area contributed by atoms with Crippen molar-refractivity contribution < 1.29 is 14.3 Å². The Morgan fingerprint density at radius 3 is 2.82 bits per heavy atom. The number of aromatic nitrogens is 2. The number of rotatable bonds is 6. The number of carbonyl (C=O) groups excluding carboxylic acids is 1. The molecule has 0 spiro atoms. The van der Waals surface area contributed by atoms with Crippen molar-refractivity contribution in [1.82, 2.24) is 15.3 Å². The van der Waals surface area contributed by atoms with Crippen LogP contribution in [0.5, 0.6) is 11.5 Å². The summed E-state index contributed by atoms with van der Waals surface area (Å²) in [5.74, 6) is 1.62. The van der Waals surface area contributed by atoms with Gasteiger partial charge in [-0.1, -0.05) is 30.3 Å². The van der Waals surface area contributed by atoms with E-state index in [0.717, 1.165) is 28.2 Å². The Labute approximate surface area is 162 Å². The van der Waals surface area contributed by atoms with Gasteiger partial charge >= 0.3 is 0 Å². The zero-order valence-electron chi connectivity index (χ0n) is 15.4. The minimum Gasteiger partial charge on any atom is -0.454 e. The highest BCUT2D eigenvalue weighted by Gasteiger charge is 2.13. The van der Waals surface area contributed by atoms with Crippen LogP contribution in [0.4, 0.5) is 5.95 Å². The van der Waals surface area contributed by atoms with Crippen LogP contribution < -0.4 is 20.1 Å². The number of hydrogen-bond donors (Lipinski definition) is 2. The molecule has 7 heteroatoms. The number of benzene rings is 2. The number of nitrogens with one attached hydrogen (secondary N) is 2. The van der Waals surface area contributed by atoms with Crippen molar-refractivity contribution in [3.05, 3.63) is 77.1 Å². The van der Waals surface area contributed by atoms with Gasteiger partial charge in [-0.25, -0.2) is 9.97 Å². The van der Waals surface area contributed by atoms with Crippen LogP contribution in [0.25, 0.3) is 0 Å². The van der Waals surface area contributed by atoms with Crippen molar-refractivity contribution in [3.63, 3.8) is 0 Å². The number of aryl methyl sites for hydroxylation is 1. The van der Waals surface area contributed by atoms with Crippen molar-refractivity contribution in [1.29, 1.82) is 0 Å². The summed E-state index contributed by atoms with van der Waals surface area (Å²) in [6.45, 7) is 3.22. The molecule has 1 aromatic heterocycles. The standard InChI is InChI=1S/C21H20N4O3/c1-14-4-2-3-5-16(14)12-23-20(26)17-8-9-22-21(25-17)24-11-15-6-7-18-19(10-15)28-13-27-18/h2-10H,11-13H2,1H3,(H,23,26)(H,22,24,25). The molecule has 142 valence electrons. The number of fused-ring (bicyclic) bond motifs is 1. The number of carbonyl (C=O) groups is 1. The van der Waals surface area contributed by atoms with Gasteiger partial charge in [0.2, 0.25) is 12.7 Å². The highest BCUT2D eigenvalue weighted by molar-refractivity contribution is 5.92. The van der Waals surface area contributed by atoms with Gasteiger partial charge < -0.3 is 20.1 Å². The highest BCUT2D eigenvalue weighted by atomic mass is 16.7. The average Bonchev–Trinajstić information content (AvgIpc) is 3.19. The van der Waals surface area contributed by atoms with Crippen molar-refractivity contribution in [2.75, 3.05) is 12.1 Å². The summed E-state index contributed by atoms with van der Waals surface area (Å²) in [5, 5.41) is 6.03. The number of hydrogen-bond acceptors (Lipinski definition) is 6. The first-order valence-electron chi connectivity index (χ1n) is 8.97. The van der Waals surface area contributed by atoms with Gasteiger partial charge in [0.15, 0.2) is 11.5 Å². The van der Waals surface area contributed by atoms with Gasteiger partial charge in [-0.05, 0) is 41.8 Å². The Morgan fingerprint density at radius 2 is 1.93 bits per heavy atom. The Balaban J connectivity index is 1.37. The van der Waals surface area contributed by atoms with Crippen LogP contribution >= 0.6 is 0 Å². The van der Waals surface area contributed by atoms with E-state index in [0.29, 0.717) is 24.7 Å². The van der Waals surface area contributed by atoms with Crippen LogP contribution in [0.15, 0.2) is 54.7 Å². The maximum absolute atomic E-state index is 12.4. The van der Waals surface area contributed by atoms with Gasteiger partial charge in [-0.2, -0.15) is 0 Å². The molecule has 2 heterocycles. The summed E-state index contributed by atoms with van der Waals surface area (Å²) in [5.41, 5.74) is 3.53. The van der Waals surface area contributed by atoms with E-state index in [2.05, 4.69) is 20.6 Å². The predicted octanol–water partition coefficient (Wildman–Crippen LogP) is 3.06. The second-order valence-electron chi connectivity index (χ2n) is 6.42. The molecule has 0 fully saturated rings. The molecule has 0 radical (unpaired) electrons. The normalized spacial score (nSPS) is 11.9. The first-order chi connectivity index (χ1) is 13.7. The molecule has 1 aliphatic rings. The first-order valence-corrected chi connectivity index (χ1v) is 8.97. The zero-order chi connectivity index (χ0) is 19.3. The van der Waals surface area contributed by atoms with Crippen LogP contribution in [0.1, 0.15) is 27.2 Å². The van der Waals surface area contributed by atoms with Crippen LogP contribution in [-0.2, 0) is 13.1 Å².